The first-order valence-electron chi connectivity index (χ1n) is 5.48. The van der Waals surface area contributed by atoms with Crippen molar-refractivity contribution in [1.29, 1.82) is 0 Å². The van der Waals surface area contributed by atoms with Gasteiger partial charge in [-0.25, -0.2) is 0 Å². The van der Waals surface area contributed by atoms with Crippen LogP contribution in [0.5, 0.6) is 0 Å². The Kier molecular flexibility index (Phi) is 4.10. The molecular weight excluding hydrogens is 254 g/mol. The summed E-state index contributed by atoms with van der Waals surface area (Å²) in [7, 11) is 0. The van der Waals surface area contributed by atoms with E-state index in [4.69, 9.17) is 0 Å². The zero-order valence-electron chi connectivity index (χ0n) is 9.37. The summed E-state index contributed by atoms with van der Waals surface area (Å²) in [5.74, 6) is 0. The lowest BCUT2D eigenvalue weighted by Gasteiger charge is -2.25. The van der Waals surface area contributed by atoms with E-state index in [2.05, 4.69) is 44.8 Å². The molecule has 0 fully saturated rings. The molecule has 1 aliphatic heterocycles. The van der Waals surface area contributed by atoms with Crippen LogP contribution in [0.3, 0.4) is 0 Å². The highest BCUT2D eigenvalue weighted by atomic mass is 35.5. The fourth-order valence-electron chi connectivity index (χ4n) is 2.06. The standard InChI is InChI=1S/C12H13N3S.ClH/c1-2-4-10(5-3-1)8-15-7-6-11-12(9-15)16-14-13-11;/h1-5H,6-9H2;1H. The Morgan fingerprint density at radius 1 is 1.24 bits per heavy atom. The Bertz CT molecular complexity index is 472. The van der Waals surface area contributed by atoms with Crippen LogP contribution in [0.25, 0.3) is 0 Å². The zero-order valence-corrected chi connectivity index (χ0v) is 11.0. The van der Waals surface area contributed by atoms with E-state index in [-0.39, 0.29) is 12.4 Å². The Morgan fingerprint density at radius 3 is 2.88 bits per heavy atom. The Labute approximate surface area is 111 Å². The van der Waals surface area contributed by atoms with Crippen LogP contribution in [0.1, 0.15) is 16.1 Å². The molecule has 90 valence electrons. The third kappa shape index (κ3) is 2.83. The predicted molar refractivity (Wildman–Crippen MR) is 71.4 cm³/mol. The molecule has 0 amide bonds. The number of hydrogen-bond acceptors (Lipinski definition) is 4. The normalized spacial score (nSPS) is 15.1. The van der Waals surface area contributed by atoms with E-state index >= 15 is 0 Å². The molecule has 0 saturated heterocycles. The molecule has 2 aromatic rings. The van der Waals surface area contributed by atoms with Crippen LogP contribution in [-0.4, -0.2) is 21.0 Å². The van der Waals surface area contributed by atoms with Gasteiger partial charge in [0.2, 0.25) is 0 Å². The van der Waals surface area contributed by atoms with Crippen LogP contribution in [-0.2, 0) is 19.5 Å². The first kappa shape index (κ1) is 12.5. The molecule has 17 heavy (non-hydrogen) atoms. The molecule has 0 saturated carbocycles. The van der Waals surface area contributed by atoms with Gasteiger partial charge in [-0.05, 0) is 17.1 Å². The molecule has 0 spiro atoms. The monoisotopic (exact) mass is 267 g/mol. The molecule has 2 heterocycles. The quantitative estimate of drug-likeness (QED) is 0.837. The van der Waals surface area contributed by atoms with E-state index in [9.17, 15) is 0 Å². The summed E-state index contributed by atoms with van der Waals surface area (Å²) in [6, 6.07) is 10.6. The van der Waals surface area contributed by atoms with Crippen LogP contribution < -0.4 is 0 Å². The second kappa shape index (κ2) is 5.58. The summed E-state index contributed by atoms with van der Waals surface area (Å²) in [6.45, 7) is 3.12. The minimum atomic E-state index is 0. The van der Waals surface area contributed by atoms with Crippen molar-refractivity contribution in [2.75, 3.05) is 6.54 Å². The lowest BCUT2D eigenvalue weighted by atomic mass is 10.1. The molecule has 5 heteroatoms. The second-order valence-corrected chi connectivity index (χ2v) is 4.93. The maximum atomic E-state index is 4.14. The van der Waals surface area contributed by atoms with Crippen LogP contribution in [0, 0.1) is 0 Å². The van der Waals surface area contributed by atoms with E-state index in [0.29, 0.717) is 0 Å². The molecule has 0 bridgehead atoms. The van der Waals surface area contributed by atoms with Gasteiger partial charge >= 0.3 is 0 Å². The fourth-order valence-corrected chi connectivity index (χ4v) is 2.79. The minimum Gasteiger partial charge on any atom is -0.293 e. The van der Waals surface area contributed by atoms with Crippen molar-refractivity contribution in [3.05, 3.63) is 46.5 Å². The first-order valence-corrected chi connectivity index (χ1v) is 6.25. The smallest absolute Gasteiger partial charge is 0.0813 e. The maximum absolute atomic E-state index is 4.14. The van der Waals surface area contributed by atoms with Crippen molar-refractivity contribution >= 4 is 23.9 Å². The maximum Gasteiger partial charge on any atom is 0.0813 e. The molecule has 0 atom stereocenters. The van der Waals surface area contributed by atoms with Gasteiger partial charge in [0.05, 0.1) is 10.6 Å². The van der Waals surface area contributed by atoms with Crippen LogP contribution in [0.2, 0.25) is 0 Å². The van der Waals surface area contributed by atoms with Crippen LogP contribution >= 0.6 is 23.9 Å². The van der Waals surface area contributed by atoms with Gasteiger partial charge in [-0.15, -0.1) is 17.5 Å². The highest BCUT2D eigenvalue weighted by Gasteiger charge is 2.19. The fraction of sp³-hybridized carbons (Fsp3) is 0.333. The minimum absolute atomic E-state index is 0. The molecule has 0 aliphatic carbocycles. The van der Waals surface area contributed by atoms with E-state index in [1.54, 1.807) is 0 Å². The molecule has 0 N–H and O–H groups in total. The molecular formula is C12H14ClN3S. The SMILES string of the molecule is Cl.c1ccc(CN2CCc3nnsc3C2)cc1. The highest BCUT2D eigenvalue weighted by molar-refractivity contribution is 7.05. The Hall–Kier alpha value is -0.970. The number of nitrogens with zero attached hydrogens (tertiary/aromatic N) is 3. The molecule has 1 aliphatic rings. The molecule has 1 aromatic carbocycles. The number of hydrogen-bond donors (Lipinski definition) is 0. The Morgan fingerprint density at radius 2 is 2.06 bits per heavy atom. The molecule has 0 radical (unpaired) electrons. The topological polar surface area (TPSA) is 29.0 Å². The lowest BCUT2D eigenvalue weighted by molar-refractivity contribution is 0.247. The number of aromatic nitrogens is 2. The van der Waals surface area contributed by atoms with Crippen molar-refractivity contribution in [2.45, 2.75) is 19.5 Å². The molecule has 0 unspecified atom stereocenters. The van der Waals surface area contributed by atoms with Crippen LogP contribution in [0.15, 0.2) is 30.3 Å². The van der Waals surface area contributed by atoms with Gasteiger partial charge in [0, 0.05) is 26.1 Å². The van der Waals surface area contributed by atoms with Gasteiger partial charge in [-0.3, -0.25) is 4.90 Å². The van der Waals surface area contributed by atoms with Crippen molar-refractivity contribution < 1.29 is 0 Å². The second-order valence-electron chi connectivity index (χ2n) is 4.09. The third-order valence-corrected chi connectivity index (χ3v) is 3.66. The Balaban J connectivity index is 0.00000108. The predicted octanol–water partition coefficient (Wildman–Crippen LogP) is 2.52. The molecule has 3 rings (SSSR count). The number of halogens is 1. The highest BCUT2D eigenvalue weighted by Crippen LogP contribution is 2.21. The van der Waals surface area contributed by atoms with Gasteiger partial charge in [0.1, 0.15) is 0 Å². The number of benzene rings is 1. The zero-order chi connectivity index (χ0) is 10.8. The first-order chi connectivity index (χ1) is 7.92. The van der Waals surface area contributed by atoms with Gasteiger partial charge < -0.3 is 0 Å². The van der Waals surface area contributed by atoms with E-state index < -0.39 is 0 Å². The third-order valence-electron chi connectivity index (χ3n) is 2.92. The van der Waals surface area contributed by atoms with Crippen molar-refractivity contribution in [3.63, 3.8) is 0 Å². The summed E-state index contributed by atoms with van der Waals surface area (Å²) in [4.78, 5) is 3.79. The summed E-state index contributed by atoms with van der Waals surface area (Å²) < 4.78 is 4.01. The van der Waals surface area contributed by atoms with E-state index in [1.807, 2.05) is 0 Å². The summed E-state index contributed by atoms with van der Waals surface area (Å²) in [6.07, 6.45) is 1.04. The van der Waals surface area contributed by atoms with Crippen LogP contribution in [0.4, 0.5) is 0 Å². The van der Waals surface area contributed by atoms with Crippen molar-refractivity contribution in [2.24, 2.45) is 0 Å². The summed E-state index contributed by atoms with van der Waals surface area (Å²) in [5.41, 5.74) is 2.58. The van der Waals surface area contributed by atoms with E-state index in [0.717, 1.165) is 26.1 Å². The van der Waals surface area contributed by atoms with Gasteiger partial charge in [0.25, 0.3) is 0 Å². The van der Waals surface area contributed by atoms with Gasteiger partial charge in [-0.1, -0.05) is 34.8 Å². The largest absolute Gasteiger partial charge is 0.293 e. The number of rotatable bonds is 2. The summed E-state index contributed by atoms with van der Waals surface area (Å²) >= 11 is 1.54. The van der Waals surface area contributed by atoms with Gasteiger partial charge in [0.15, 0.2) is 0 Å². The average molecular weight is 268 g/mol. The van der Waals surface area contributed by atoms with Gasteiger partial charge in [-0.2, -0.15) is 0 Å². The average Bonchev–Trinajstić information content (AvgIpc) is 2.77. The van der Waals surface area contributed by atoms with E-state index in [1.165, 1.54) is 27.7 Å². The summed E-state index contributed by atoms with van der Waals surface area (Å²) in [5, 5.41) is 4.14. The molecule has 3 nitrogen and oxygen atoms in total. The molecule has 1 aromatic heterocycles. The van der Waals surface area contributed by atoms with Crippen molar-refractivity contribution in [3.8, 4) is 0 Å². The van der Waals surface area contributed by atoms with Crippen molar-refractivity contribution in [1.82, 2.24) is 14.5 Å². The number of fused-ring (bicyclic) bond motifs is 1. The lowest BCUT2D eigenvalue weighted by Crippen LogP contribution is -2.29.